The van der Waals surface area contributed by atoms with Crippen LogP contribution in [0.1, 0.15) is 48.7 Å². The van der Waals surface area contributed by atoms with Gasteiger partial charge < -0.3 is 19.5 Å². The summed E-state index contributed by atoms with van der Waals surface area (Å²) in [6, 6.07) is -0.0137. The lowest BCUT2D eigenvalue weighted by Crippen LogP contribution is -2.46. The molecule has 1 aromatic heterocycles. The standard InChI is InChI=1S/C18H26N4O4/c1-12-16(13(2)26-20-12)14-4-3-9-22(14)15(23)10-21-11-18(25-17(21)24)5-7-19-8-6-18/h14,19H,3-11H2,1-2H3/t14-/m0/s1. The Bertz CT molecular complexity index is 691. The lowest BCUT2D eigenvalue weighted by atomic mass is 9.92. The molecule has 26 heavy (non-hydrogen) atoms. The van der Waals surface area contributed by atoms with Gasteiger partial charge in [0.1, 0.15) is 17.9 Å². The number of amides is 2. The summed E-state index contributed by atoms with van der Waals surface area (Å²) in [4.78, 5) is 28.7. The summed E-state index contributed by atoms with van der Waals surface area (Å²) in [6.45, 7) is 6.76. The van der Waals surface area contributed by atoms with Crippen molar-refractivity contribution in [3.05, 3.63) is 17.0 Å². The van der Waals surface area contributed by atoms with Crippen LogP contribution in [-0.2, 0) is 9.53 Å². The average molecular weight is 362 g/mol. The summed E-state index contributed by atoms with van der Waals surface area (Å²) in [6.07, 6.45) is 3.08. The zero-order valence-electron chi connectivity index (χ0n) is 15.4. The zero-order chi connectivity index (χ0) is 18.3. The molecule has 4 heterocycles. The highest BCUT2D eigenvalue weighted by Crippen LogP contribution is 2.36. The van der Waals surface area contributed by atoms with Crippen molar-refractivity contribution in [3.8, 4) is 0 Å². The van der Waals surface area contributed by atoms with E-state index in [9.17, 15) is 9.59 Å². The summed E-state index contributed by atoms with van der Waals surface area (Å²) in [5.41, 5.74) is 1.42. The third-order valence-electron chi connectivity index (χ3n) is 5.88. The summed E-state index contributed by atoms with van der Waals surface area (Å²) in [7, 11) is 0. The number of aryl methyl sites for hydroxylation is 2. The van der Waals surface area contributed by atoms with Crippen LogP contribution in [0.15, 0.2) is 4.52 Å². The van der Waals surface area contributed by atoms with Gasteiger partial charge in [-0.15, -0.1) is 0 Å². The van der Waals surface area contributed by atoms with E-state index in [0.717, 1.165) is 55.8 Å². The van der Waals surface area contributed by atoms with Gasteiger partial charge in [-0.1, -0.05) is 5.16 Å². The van der Waals surface area contributed by atoms with Gasteiger partial charge in [-0.2, -0.15) is 0 Å². The van der Waals surface area contributed by atoms with E-state index in [1.807, 2.05) is 18.7 Å². The van der Waals surface area contributed by atoms with Crippen molar-refractivity contribution in [2.45, 2.75) is 51.2 Å². The fourth-order valence-electron chi connectivity index (χ4n) is 4.54. The molecule has 0 bridgehead atoms. The molecule has 3 saturated heterocycles. The second kappa shape index (κ2) is 6.57. The van der Waals surface area contributed by atoms with Crippen LogP contribution in [-0.4, -0.2) is 65.3 Å². The summed E-state index contributed by atoms with van der Waals surface area (Å²) in [5.74, 6) is 0.733. The molecule has 0 unspecified atom stereocenters. The van der Waals surface area contributed by atoms with Crippen molar-refractivity contribution in [3.63, 3.8) is 0 Å². The minimum Gasteiger partial charge on any atom is -0.441 e. The lowest BCUT2D eigenvalue weighted by Gasteiger charge is -2.31. The van der Waals surface area contributed by atoms with Crippen LogP contribution in [0.5, 0.6) is 0 Å². The second-order valence-electron chi connectivity index (χ2n) is 7.64. The Hall–Kier alpha value is -2.09. The van der Waals surface area contributed by atoms with E-state index in [1.165, 1.54) is 0 Å². The number of nitrogens with one attached hydrogen (secondary N) is 1. The first-order valence-corrected chi connectivity index (χ1v) is 9.40. The second-order valence-corrected chi connectivity index (χ2v) is 7.64. The van der Waals surface area contributed by atoms with Crippen molar-refractivity contribution in [2.75, 3.05) is 32.7 Å². The Labute approximate surface area is 152 Å². The summed E-state index contributed by atoms with van der Waals surface area (Å²) < 4.78 is 10.9. The average Bonchev–Trinajstić information content (AvgIpc) is 3.28. The molecule has 8 heteroatoms. The zero-order valence-corrected chi connectivity index (χ0v) is 15.4. The van der Waals surface area contributed by atoms with Crippen LogP contribution < -0.4 is 5.32 Å². The Balaban J connectivity index is 1.45. The smallest absolute Gasteiger partial charge is 0.410 e. The molecule has 1 spiro atoms. The van der Waals surface area contributed by atoms with Crippen LogP contribution >= 0.6 is 0 Å². The SMILES string of the molecule is Cc1noc(C)c1[C@@H]1CCCN1C(=O)CN1CC2(CCNCC2)OC1=O. The van der Waals surface area contributed by atoms with Crippen molar-refractivity contribution < 1.29 is 18.8 Å². The van der Waals surface area contributed by atoms with E-state index >= 15 is 0 Å². The van der Waals surface area contributed by atoms with E-state index in [1.54, 1.807) is 4.90 Å². The van der Waals surface area contributed by atoms with Gasteiger partial charge in [0.25, 0.3) is 0 Å². The van der Waals surface area contributed by atoms with Crippen LogP contribution in [0.3, 0.4) is 0 Å². The molecule has 0 aliphatic carbocycles. The number of ether oxygens (including phenoxy) is 1. The van der Waals surface area contributed by atoms with Crippen LogP contribution in [0.4, 0.5) is 4.79 Å². The minimum atomic E-state index is -0.422. The lowest BCUT2D eigenvalue weighted by molar-refractivity contribution is -0.132. The number of aromatic nitrogens is 1. The Morgan fingerprint density at radius 3 is 2.81 bits per heavy atom. The number of carbonyl (C=O) groups is 2. The van der Waals surface area contributed by atoms with Crippen LogP contribution in [0.25, 0.3) is 0 Å². The number of piperidine rings is 1. The van der Waals surface area contributed by atoms with E-state index in [0.29, 0.717) is 13.1 Å². The monoisotopic (exact) mass is 362 g/mol. The number of rotatable bonds is 3. The van der Waals surface area contributed by atoms with Gasteiger partial charge in [0.15, 0.2) is 0 Å². The van der Waals surface area contributed by atoms with Gasteiger partial charge in [0.05, 0.1) is 18.3 Å². The number of likely N-dealkylation sites (tertiary alicyclic amines) is 1. The maximum atomic E-state index is 13.0. The van der Waals surface area contributed by atoms with Crippen LogP contribution in [0.2, 0.25) is 0 Å². The van der Waals surface area contributed by atoms with E-state index in [4.69, 9.17) is 9.26 Å². The van der Waals surface area contributed by atoms with Gasteiger partial charge >= 0.3 is 6.09 Å². The highest BCUT2D eigenvalue weighted by Gasteiger charge is 2.47. The molecular formula is C18H26N4O4. The van der Waals surface area contributed by atoms with Gasteiger partial charge in [0, 0.05) is 24.9 Å². The molecule has 2 amide bonds. The van der Waals surface area contributed by atoms with Crippen LogP contribution in [0, 0.1) is 13.8 Å². The van der Waals surface area contributed by atoms with Crippen molar-refractivity contribution in [1.82, 2.24) is 20.3 Å². The molecule has 0 radical (unpaired) electrons. The third kappa shape index (κ3) is 2.96. The molecule has 4 rings (SSSR count). The fraction of sp³-hybridized carbons (Fsp3) is 0.722. The third-order valence-corrected chi connectivity index (χ3v) is 5.88. The first-order chi connectivity index (χ1) is 12.5. The highest BCUT2D eigenvalue weighted by atomic mass is 16.6. The van der Waals surface area contributed by atoms with E-state index in [2.05, 4.69) is 10.5 Å². The predicted octanol–water partition coefficient (Wildman–Crippen LogP) is 1.53. The van der Waals surface area contributed by atoms with Gasteiger partial charge in [0.2, 0.25) is 5.91 Å². The van der Waals surface area contributed by atoms with Gasteiger partial charge in [-0.3, -0.25) is 9.69 Å². The Morgan fingerprint density at radius 1 is 1.35 bits per heavy atom. The Kier molecular flexibility index (Phi) is 4.38. The summed E-state index contributed by atoms with van der Waals surface area (Å²) in [5, 5.41) is 7.31. The minimum absolute atomic E-state index is 0.0137. The first kappa shape index (κ1) is 17.3. The highest BCUT2D eigenvalue weighted by molar-refractivity contribution is 5.84. The number of hydrogen-bond donors (Lipinski definition) is 1. The first-order valence-electron chi connectivity index (χ1n) is 9.40. The number of nitrogens with zero attached hydrogens (tertiary/aromatic N) is 3. The molecule has 1 aromatic rings. The fourth-order valence-corrected chi connectivity index (χ4v) is 4.54. The molecule has 1 N–H and O–H groups in total. The largest absolute Gasteiger partial charge is 0.441 e. The van der Waals surface area contributed by atoms with E-state index < -0.39 is 5.60 Å². The topological polar surface area (TPSA) is 87.9 Å². The molecule has 3 fully saturated rings. The number of hydrogen-bond acceptors (Lipinski definition) is 6. The molecule has 1 atom stereocenters. The molecule has 0 saturated carbocycles. The van der Waals surface area contributed by atoms with Crippen molar-refractivity contribution in [1.29, 1.82) is 0 Å². The van der Waals surface area contributed by atoms with Crippen molar-refractivity contribution in [2.24, 2.45) is 0 Å². The molecule has 0 aromatic carbocycles. The van der Waals surface area contributed by atoms with Crippen molar-refractivity contribution >= 4 is 12.0 Å². The molecule has 3 aliphatic rings. The quantitative estimate of drug-likeness (QED) is 0.877. The van der Waals surface area contributed by atoms with E-state index in [-0.39, 0.29) is 24.6 Å². The normalized spacial score (nSPS) is 25.2. The molecule has 3 aliphatic heterocycles. The van der Waals surface area contributed by atoms with Gasteiger partial charge in [-0.25, -0.2) is 4.79 Å². The predicted molar refractivity (Wildman–Crippen MR) is 92.6 cm³/mol. The Morgan fingerprint density at radius 2 is 2.12 bits per heavy atom. The number of carbonyl (C=O) groups excluding carboxylic acids is 2. The maximum Gasteiger partial charge on any atom is 0.410 e. The molecule has 142 valence electrons. The van der Waals surface area contributed by atoms with Gasteiger partial charge in [-0.05, 0) is 39.8 Å². The molecule has 8 nitrogen and oxygen atoms in total. The summed E-state index contributed by atoms with van der Waals surface area (Å²) >= 11 is 0. The maximum absolute atomic E-state index is 13.0. The molecular weight excluding hydrogens is 336 g/mol.